The fraction of sp³-hybridized carbons (Fsp3) is 0.364. The molecule has 0 aliphatic heterocycles. The average Bonchev–Trinajstić information content (AvgIpc) is 2.76. The SMILES string of the molecule is CCN(Cc1ccc(OC)c(OC)c1)C(=O)CN(C)S(=O)(=O)c1ccc(C(C)=O)cc1. The summed E-state index contributed by atoms with van der Waals surface area (Å²) in [6, 6.07) is 11.0. The normalized spacial score (nSPS) is 11.3. The molecule has 0 saturated heterocycles. The van der Waals surface area contributed by atoms with Crippen molar-refractivity contribution >= 4 is 21.7 Å². The molecule has 0 radical (unpaired) electrons. The van der Waals surface area contributed by atoms with Gasteiger partial charge in [-0.25, -0.2) is 8.42 Å². The van der Waals surface area contributed by atoms with E-state index in [4.69, 9.17) is 9.47 Å². The van der Waals surface area contributed by atoms with E-state index in [2.05, 4.69) is 0 Å². The number of rotatable bonds is 10. The highest BCUT2D eigenvalue weighted by molar-refractivity contribution is 7.89. The molecule has 0 atom stereocenters. The fourth-order valence-electron chi connectivity index (χ4n) is 2.99. The number of nitrogens with zero attached hydrogens (tertiary/aromatic N) is 2. The molecule has 2 aromatic rings. The third kappa shape index (κ3) is 5.83. The summed E-state index contributed by atoms with van der Waals surface area (Å²) in [5.41, 5.74) is 1.25. The van der Waals surface area contributed by atoms with Crippen LogP contribution < -0.4 is 9.47 Å². The van der Waals surface area contributed by atoms with Crippen LogP contribution in [-0.2, 0) is 21.4 Å². The molecule has 0 heterocycles. The third-order valence-corrected chi connectivity index (χ3v) is 6.70. The van der Waals surface area contributed by atoms with Crippen molar-refractivity contribution in [1.82, 2.24) is 9.21 Å². The zero-order valence-corrected chi connectivity index (χ0v) is 19.2. The van der Waals surface area contributed by atoms with Crippen molar-refractivity contribution in [1.29, 1.82) is 0 Å². The van der Waals surface area contributed by atoms with Gasteiger partial charge in [0.2, 0.25) is 15.9 Å². The van der Waals surface area contributed by atoms with Gasteiger partial charge >= 0.3 is 0 Å². The largest absolute Gasteiger partial charge is 0.493 e. The molecule has 0 unspecified atom stereocenters. The molecule has 168 valence electrons. The van der Waals surface area contributed by atoms with Crippen LogP contribution in [0.25, 0.3) is 0 Å². The molecular formula is C22H28N2O6S. The van der Waals surface area contributed by atoms with E-state index in [-0.39, 0.29) is 23.1 Å². The van der Waals surface area contributed by atoms with Gasteiger partial charge in [0.05, 0.1) is 25.7 Å². The summed E-state index contributed by atoms with van der Waals surface area (Å²) in [4.78, 5) is 25.8. The first-order valence-corrected chi connectivity index (χ1v) is 11.1. The smallest absolute Gasteiger partial charge is 0.243 e. The van der Waals surface area contributed by atoms with Crippen LogP contribution in [0.2, 0.25) is 0 Å². The van der Waals surface area contributed by atoms with E-state index in [1.54, 1.807) is 24.1 Å². The fourth-order valence-corrected chi connectivity index (χ4v) is 4.11. The van der Waals surface area contributed by atoms with Crippen LogP contribution in [0.4, 0.5) is 0 Å². The minimum absolute atomic E-state index is 0.0238. The number of ether oxygens (including phenoxy) is 2. The lowest BCUT2D eigenvalue weighted by atomic mass is 10.2. The number of ketones is 1. The van der Waals surface area contributed by atoms with Gasteiger partial charge in [0.15, 0.2) is 17.3 Å². The average molecular weight is 449 g/mol. The van der Waals surface area contributed by atoms with Crippen molar-refractivity contribution in [2.45, 2.75) is 25.3 Å². The maximum atomic E-state index is 12.8. The van der Waals surface area contributed by atoms with E-state index in [9.17, 15) is 18.0 Å². The standard InChI is InChI=1S/C22H28N2O6S/c1-6-24(14-17-7-12-20(29-4)21(13-17)30-5)22(26)15-23(3)31(27,28)19-10-8-18(9-11-19)16(2)25/h7-13H,6,14-15H2,1-5H3. The number of carbonyl (C=O) groups is 2. The van der Waals surface area contributed by atoms with Crippen LogP contribution in [0.5, 0.6) is 11.5 Å². The summed E-state index contributed by atoms with van der Waals surface area (Å²) < 4.78 is 37.2. The molecule has 0 aliphatic carbocycles. The van der Waals surface area contributed by atoms with Crippen LogP contribution in [0, 0.1) is 0 Å². The summed E-state index contributed by atoms with van der Waals surface area (Å²) in [5.74, 6) is 0.657. The molecule has 8 nitrogen and oxygen atoms in total. The van der Waals surface area contributed by atoms with Gasteiger partial charge in [-0.1, -0.05) is 18.2 Å². The van der Waals surface area contributed by atoms with E-state index in [1.165, 1.54) is 45.3 Å². The molecule has 0 aliphatic rings. The first-order valence-electron chi connectivity index (χ1n) is 9.70. The maximum Gasteiger partial charge on any atom is 0.243 e. The minimum atomic E-state index is -3.87. The van der Waals surface area contributed by atoms with Gasteiger partial charge in [0, 0.05) is 25.7 Å². The number of methoxy groups -OCH3 is 2. The summed E-state index contributed by atoms with van der Waals surface area (Å²) in [7, 11) is 0.565. The molecular weight excluding hydrogens is 420 g/mol. The molecule has 0 N–H and O–H groups in total. The number of amides is 1. The first-order chi connectivity index (χ1) is 14.6. The van der Waals surface area contributed by atoms with Gasteiger partial charge in [-0.05, 0) is 43.7 Å². The number of sulfonamides is 1. The zero-order valence-electron chi connectivity index (χ0n) is 18.4. The van der Waals surface area contributed by atoms with E-state index >= 15 is 0 Å². The molecule has 0 aromatic heterocycles. The Hall–Kier alpha value is -2.91. The number of benzene rings is 2. The van der Waals surface area contributed by atoms with Gasteiger partial charge in [0.25, 0.3) is 0 Å². The molecule has 31 heavy (non-hydrogen) atoms. The van der Waals surface area contributed by atoms with Gasteiger partial charge in [-0.3, -0.25) is 9.59 Å². The van der Waals surface area contributed by atoms with E-state index in [1.807, 2.05) is 13.0 Å². The summed E-state index contributed by atoms with van der Waals surface area (Å²) in [6.07, 6.45) is 0. The Labute approximate surface area is 183 Å². The highest BCUT2D eigenvalue weighted by Gasteiger charge is 2.25. The Morgan fingerprint density at radius 2 is 1.58 bits per heavy atom. The minimum Gasteiger partial charge on any atom is -0.493 e. The van der Waals surface area contributed by atoms with E-state index < -0.39 is 10.0 Å². The van der Waals surface area contributed by atoms with Crippen LogP contribution >= 0.6 is 0 Å². The van der Waals surface area contributed by atoms with Crippen molar-refractivity contribution in [3.63, 3.8) is 0 Å². The predicted octanol–water partition coefficient (Wildman–Crippen LogP) is 2.58. The molecule has 1 amide bonds. The third-order valence-electron chi connectivity index (χ3n) is 4.88. The van der Waals surface area contributed by atoms with Crippen molar-refractivity contribution in [2.75, 3.05) is 34.4 Å². The zero-order chi connectivity index (χ0) is 23.2. The number of carbonyl (C=O) groups excluding carboxylic acids is 2. The second-order valence-electron chi connectivity index (χ2n) is 6.94. The lowest BCUT2D eigenvalue weighted by Gasteiger charge is -2.24. The van der Waals surface area contributed by atoms with Crippen LogP contribution in [-0.4, -0.2) is 63.7 Å². The molecule has 0 spiro atoms. The highest BCUT2D eigenvalue weighted by atomic mass is 32.2. The Bertz CT molecular complexity index is 1030. The van der Waals surface area contributed by atoms with Gasteiger partial charge in [-0.2, -0.15) is 4.31 Å². The maximum absolute atomic E-state index is 12.8. The van der Waals surface area contributed by atoms with Gasteiger partial charge in [-0.15, -0.1) is 0 Å². The molecule has 2 rings (SSSR count). The van der Waals surface area contributed by atoms with E-state index in [0.29, 0.717) is 30.2 Å². The number of likely N-dealkylation sites (N-methyl/N-ethyl adjacent to an activating group) is 2. The Kier molecular flexibility index (Phi) is 8.18. The van der Waals surface area contributed by atoms with Crippen molar-refractivity contribution < 1.29 is 27.5 Å². The van der Waals surface area contributed by atoms with Gasteiger partial charge < -0.3 is 14.4 Å². The Balaban J connectivity index is 2.13. The monoisotopic (exact) mass is 448 g/mol. The lowest BCUT2D eigenvalue weighted by Crippen LogP contribution is -2.40. The molecule has 0 saturated carbocycles. The molecule has 0 fully saturated rings. The van der Waals surface area contributed by atoms with Crippen LogP contribution in [0.15, 0.2) is 47.4 Å². The molecule has 0 bridgehead atoms. The van der Waals surface area contributed by atoms with Gasteiger partial charge in [0.1, 0.15) is 0 Å². The van der Waals surface area contributed by atoms with Crippen LogP contribution in [0.1, 0.15) is 29.8 Å². The van der Waals surface area contributed by atoms with Crippen molar-refractivity contribution in [2.24, 2.45) is 0 Å². The second-order valence-corrected chi connectivity index (χ2v) is 8.98. The number of hydrogen-bond acceptors (Lipinski definition) is 6. The Morgan fingerprint density at radius 1 is 0.968 bits per heavy atom. The predicted molar refractivity (Wildman–Crippen MR) is 117 cm³/mol. The second kappa shape index (κ2) is 10.4. The summed E-state index contributed by atoms with van der Waals surface area (Å²) in [5, 5.41) is 0. The van der Waals surface area contributed by atoms with Crippen LogP contribution in [0.3, 0.4) is 0 Å². The van der Waals surface area contributed by atoms with Crippen molar-refractivity contribution in [3.8, 4) is 11.5 Å². The molecule has 9 heteroatoms. The quantitative estimate of drug-likeness (QED) is 0.519. The topological polar surface area (TPSA) is 93.2 Å². The highest BCUT2D eigenvalue weighted by Crippen LogP contribution is 2.28. The van der Waals surface area contributed by atoms with E-state index in [0.717, 1.165) is 9.87 Å². The Morgan fingerprint density at radius 3 is 2.10 bits per heavy atom. The molecule has 2 aromatic carbocycles. The summed E-state index contributed by atoms with van der Waals surface area (Å²) >= 11 is 0. The summed E-state index contributed by atoms with van der Waals surface area (Å²) in [6.45, 7) is 3.64. The number of Topliss-reactive ketones (excluding diaryl/α,β-unsaturated/α-hetero) is 1. The first kappa shape index (κ1) is 24.4. The lowest BCUT2D eigenvalue weighted by molar-refractivity contribution is -0.131. The number of hydrogen-bond donors (Lipinski definition) is 0. The van der Waals surface area contributed by atoms with Crippen molar-refractivity contribution in [3.05, 3.63) is 53.6 Å².